The molecule has 0 amide bonds. The first kappa shape index (κ1) is 16.6. The number of aryl methyl sites for hydroxylation is 1. The molecule has 1 atom stereocenters. The second-order valence-electron chi connectivity index (χ2n) is 6.53. The number of aromatic nitrogens is 4. The van der Waals surface area contributed by atoms with Gasteiger partial charge in [0.25, 0.3) is 0 Å². The zero-order valence-electron chi connectivity index (χ0n) is 13.0. The molecule has 0 bridgehead atoms. The number of unbranched alkanes of at least 4 members (excludes halogenated alkanes) is 2. The fourth-order valence-corrected chi connectivity index (χ4v) is 2.26. The van der Waals surface area contributed by atoms with Gasteiger partial charge in [-0.25, -0.2) is 4.68 Å². The first-order chi connectivity index (χ1) is 9.33. The third-order valence-electron chi connectivity index (χ3n) is 3.21. The number of carboxylic acid groups (broad SMARTS) is 1. The summed E-state index contributed by atoms with van der Waals surface area (Å²) in [5.41, 5.74) is -0.0283. The molecule has 0 aliphatic carbocycles. The standard InChI is InChI=1S/C14H26N4O2/c1-5-6-7-8-12-15-16-17-18(12)10-11(13(19)20)9-14(2,3)4/h11H,5-10H2,1-4H3,(H,19,20). The highest BCUT2D eigenvalue weighted by Gasteiger charge is 2.26. The van der Waals surface area contributed by atoms with Crippen molar-refractivity contribution in [1.29, 1.82) is 0 Å². The van der Waals surface area contributed by atoms with Crippen LogP contribution < -0.4 is 0 Å². The lowest BCUT2D eigenvalue weighted by Crippen LogP contribution is -2.26. The maximum atomic E-state index is 11.4. The minimum absolute atomic E-state index is 0.0283. The van der Waals surface area contributed by atoms with E-state index in [0.717, 1.165) is 31.5 Å². The van der Waals surface area contributed by atoms with Crippen LogP contribution in [0, 0.1) is 11.3 Å². The van der Waals surface area contributed by atoms with Gasteiger partial charge in [0.15, 0.2) is 5.82 Å². The molecule has 0 saturated carbocycles. The monoisotopic (exact) mass is 282 g/mol. The Balaban J connectivity index is 2.69. The molecule has 20 heavy (non-hydrogen) atoms. The molecule has 1 aromatic rings. The van der Waals surface area contributed by atoms with Crippen LogP contribution in [0.5, 0.6) is 0 Å². The highest BCUT2D eigenvalue weighted by molar-refractivity contribution is 5.69. The fourth-order valence-electron chi connectivity index (χ4n) is 2.26. The number of carbonyl (C=O) groups is 1. The fraction of sp³-hybridized carbons (Fsp3) is 0.857. The molecule has 0 aromatic carbocycles. The number of carboxylic acids is 1. The Hall–Kier alpha value is -1.46. The van der Waals surface area contributed by atoms with E-state index in [1.54, 1.807) is 4.68 Å². The molecule has 1 rings (SSSR count). The highest BCUT2D eigenvalue weighted by atomic mass is 16.4. The van der Waals surface area contributed by atoms with Crippen molar-refractivity contribution in [3.63, 3.8) is 0 Å². The van der Waals surface area contributed by atoms with Gasteiger partial charge in [-0.05, 0) is 28.7 Å². The molecule has 6 heteroatoms. The molecule has 1 N–H and O–H groups in total. The molecule has 6 nitrogen and oxygen atoms in total. The third-order valence-corrected chi connectivity index (χ3v) is 3.21. The number of rotatable bonds is 8. The molecule has 1 heterocycles. The topological polar surface area (TPSA) is 80.9 Å². The summed E-state index contributed by atoms with van der Waals surface area (Å²) in [4.78, 5) is 11.4. The summed E-state index contributed by atoms with van der Waals surface area (Å²) < 4.78 is 1.65. The molecule has 0 saturated heterocycles. The summed E-state index contributed by atoms with van der Waals surface area (Å²) in [6, 6.07) is 0. The summed E-state index contributed by atoms with van der Waals surface area (Å²) >= 11 is 0. The van der Waals surface area contributed by atoms with E-state index in [1.165, 1.54) is 0 Å². The summed E-state index contributed by atoms with van der Waals surface area (Å²) in [5, 5.41) is 21.0. The first-order valence-corrected chi connectivity index (χ1v) is 7.31. The van der Waals surface area contributed by atoms with Crippen LogP contribution in [0.1, 0.15) is 59.2 Å². The number of hydrogen-bond donors (Lipinski definition) is 1. The van der Waals surface area contributed by atoms with Crippen molar-refractivity contribution in [2.24, 2.45) is 11.3 Å². The van der Waals surface area contributed by atoms with Gasteiger partial charge >= 0.3 is 5.97 Å². The van der Waals surface area contributed by atoms with Crippen molar-refractivity contribution in [3.8, 4) is 0 Å². The van der Waals surface area contributed by atoms with E-state index in [0.29, 0.717) is 13.0 Å². The van der Waals surface area contributed by atoms with Crippen molar-refractivity contribution in [1.82, 2.24) is 20.2 Å². The second kappa shape index (κ2) is 7.36. The Morgan fingerprint density at radius 3 is 2.60 bits per heavy atom. The van der Waals surface area contributed by atoms with Crippen LogP contribution in [0.4, 0.5) is 0 Å². The van der Waals surface area contributed by atoms with Crippen LogP contribution in [-0.2, 0) is 17.8 Å². The molecular weight excluding hydrogens is 256 g/mol. The summed E-state index contributed by atoms with van der Waals surface area (Å²) in [6.45, 7) is 8.63. The van der Waals surface area contributed by atoms with Crippen molar-refractivity contribution in [2.45, 2.75) is 66.3 Å². The van der Waals surface area contributed by atoms with Crippen LogP contribution in [0.3, 0.4) is 0 Å². The molecule has 0 aliphatic heterocycles. The largest absolute Gasteiger partial charge is 0.481 e. The average molecular weight is 282 g/mol. The molecule has 0 radical (unpaired) electrons. The molecule has 0 aliphatic rings. The van der Waals surface area contributed by atoms with Crippen LogP contribution in [0.15, 0.2) is 0 Å². The van der Waals surface area contributed by atoms with Crippen LogP contribution in [0.2, 0.25) is 0 Å². The second-order valence-corrected chi connectivity index (χ2v) is 6.53. The van der Waals surface area contributed by atoms with Crippen LogP contribution >= 0.6 is 0 Å². The number of tetrazole rings is 1. The van der Waals surface area contributed by atoms with Crippen molar-refractivity contribution < 1.29 is 9.90 Å². The van der Waals surface area contributed by atoms with E-state index in [4.69, 9.17) is 0 Å². The Morgan fingerprint density at radius 2 is 2.05 bits per heavy atom. The van der Waals surface area contributed by atoms with Gasteiger partial charge in [0.2, 0.25) is 0 Å². The van der Waals surface area contributed by atoms with Gasteiger partial charge in [-0.3, -0.25) is 4.79 Å². The van der Waals surface area contributed by atoms with E-state index in [1.807, 2.05) is 20.8 Å². The Labute approximate surface area is 120 Å². The zero-order chi connectivity index (χ0) is 15.2. The van der Waals surface area contributed by atoms with Crippen LogP contribution in [0.25, 0.3) is 0 Å². The Bertz CT molecular complexity index is 423. The van der Waals surface area contributed by atoms with E-state index < -0.39 is 11.9 Å². The van der Waals surface area contributed by atoms with E-state index in [9.17, 15) is 9.90 Å². The summed E-state index contributed by atoms with van der Waals surface area (Å²) in [7, 11) is 0. The Kier molecular flexibility index (Phi) is 6.10. The predicted molar refractivity (Wildman–Crippen MR) is 76.2 cm³/mol. The lowest BCUT2D eigenvalue weighted by atomic mass is 9.84. The number of nitrogens with zero attached hydrogens (tertiary/aromatic N) is 4. The maximum Gasteiger partial charge on any atom is 0.308 e. The van der Waals surface area contributed by atoms with Crippen molar-refractivity contribution in [3.05, 3.63) is 5.82 Å². The number of hydrogen-bond acceptors (Lipinski definition) is 4. The molecule has 0 spiro atoms. The SMILES string of the molecule is CCCCCc1nnnn1CC(CC(C)(C)C)C(=O)O. The minimum Gasteiger partial charge on any atom is -0.481 e. The normalized spacial score (nSPS) is 13.4. The molecule has 1 unspecified atom stereocenters. The van der Waals surface area contributed by atoms with Gasteiger partial charge < -0.3 is 5.11 Å². The molecular formula is C14H26N4O2. The third kappa shape index (κ3) is 5.67. The smallest absolute Gasteiger partial charge is 0.308 e. The van der Waals surface area contributed by atoms with E-state index in [-0.39, 0.29) is 5.41 Å². The first-order valence-electron chi connectivity index (χ1n) is 7.31. The van der Waals surface area contributed by atoms with Crippen molar-refractivity contribution >= 4 is 5.97 Å². The summed E-state index contributed by atoms with van der Waals surface area (Å²) in [5.74, 6) is -0.447. The average Bonchev–Trinajstić information content (AvgIpc) is 2.74. The van der Waals surface area contributed by atoms with Gasteiger partial charge in [0, 0.05) is 6.42 Å². The van der Waals surface area contributed by atoms with Crippen LogP contribution in [-0.4, -0.2) is 31.3 Å². The van der Waals surface area contributed by atoms with Gasteiger partial charge in [0.1, 0.15) is 0 Å². The lowest BCUT2D eigenvalue weighted by Gasteiger charge is -2.23. The van der Waals surface area contributed by atoms with Crippen molar-refractivity contribution in [2.75, 3.05) is 0 Å². The quantitative estimate of drug-likeness (QED) is 0.741. The zero-order valence-corrected chi connectivity index (χ0v) is 13.0. The molecule has 0 fully saturated rings. The maximum absolute atomic E-state index is 11.4. The minimum atomic E-state index is -0.782. The predicted octanol–water partition coefficient (Wildman–Crippen LogP) is 2.54. The van der Waals surface area contributed by atoms with Gasteiger partial charge in [-0.1, -0.05) is 40.5 Å². The highest BCUT2D eigenvalue weighted by Crippen LogP contribution is 2.25. The lowest BCUT2D eigenvalue weighted by molar-refractivity contribution is -0.143. The van der Waals surface area contributed by atoms with Gasteiger partial charge in [0.05, 0.1) is 12.5 Å². The molecule has 114 valence electrons. The van der Waals surface area contributed by atoms with Gasteiger partial charge in [-0.15, -0.1) is 5.10 Å². The van der Waals surface area contributed by atoms with E-state index >= 15 is 0 Å². The Morgan fingerprint density at radius 1 is 1.35 bits per heavy atom. The van der Waals surface area contributed by atoms with Gasteiger partial charge in [-0.2, -0.15) is 0 Å². The molecule has 1 aromatic heterocycles. The van der Waals surface area contributed by atoms with E-state index in [2.05, 4.69) is 22.4 Å². The summed E-state index contributed by atoms with van der Waals surface area (Å²) in [6.07, 6.45) is 4.73. The number of aliphatic carboxylic acids is 1.